The first-order valence-electron chi connectivity index (χ1n) is 13.6. The van der Waals surface area contributed by atoms with Crippen LogP contribution in [0, 0.1) is 0 Å². The van der Waals surface area contributed by atoms with Gasteiger partial charge in [-0.05, 0) is 111 Å². The van der Waals surface area contributed by atoms with Crippen LogP contribution in [0.15, 0.2) is 136 Å². The number of benzene rings is 3. The number of hydrogen-bond acceptors (Lipinski definition) is 6. The van der Waals surface area contributed by atoms with E-state index in [2.05, 4.69) is 46.4 Å². The maximum atomic E-state index is 5.98. The maximum Gasteiger partial charge on any atom is 0.196 e. The summed E-state index contributed by atoms with van der Waals surface area (Å²) < 4.78 is 23.4. The molecule has 1 unspecified atom stereocenters. The number of rotatable bonds is 13. The maximum absolute atomic E-state index is 5.98. The van der Waals surface area contributed by atoms with Crippen molar-refractivity contribution in [1.82, 2.24) is 9.97 Å². The van der Waals surface area contributed by atoms with Crippen molar-refractivity contribution < 1.29 is 18.9 Å². The largest absolute Gasteiger partial charge is 0.487 e. The summed E-state index contributed by atoms with van der Waals surface area (Å²) >= 11 is 0. The zero-order valence-electron chi connectivity index (χ0n) is 23.2. The lowest BCUT2D eigenvalue weighted by atomic mass is 10.3. The van der Waals surface area contributed by atoms with E-state index in [9.17, 15) is 0 Å². The molecule has 0 spiro atoms. The zero-order chi connectivity index (χ0) is 28.3. The van der Waals surface area contributed by atoms with Gasteiger partial charge in [-0.15, -0.1) is 0 Å². The fraction of sp³-hybridized carbons (Fsp3) is 0.176. The van der Waals surface area contributed by atoms with Crippen LogP contribution in [0.4, 0.5) is 0 Å². The molecule has 0 aliphatic rings. The molecular formula is C34H33N2O4S+. The minimum atomic E-state index is -0.358. The Labute approximate surface area is 244 Å². The van der Waals surface area contributed by atoms with E-state index in [-0.39, 0.29) is 17.2 Å². The molecule has 3 aromatic carbocycles. The Hall–Kier alpha value is -4.33. The summed E-state index contributed by atoms with van der Waals surface area (Å²) in [4.78, 5) is 12.2. The van der Waals surface area contributed by atoms with E-state index in [1.54, 1.807) is 12.4 Å². The monoisotopic (exact) mass is 565 g/mol. The van der Waals surface area contributed by atoms with Crippen molar-refractivity contribution in [2.75, 3.05) is 6.61 Å². The van der Waals surface area contributed by atoms with Crippen LogP contribution >= 0.6 is 0 Å². The minimum absolute atomic E-state index is 0.304. The highest BCUT2D eigenvalue weighted by atomic mass is 32.2. The highest BCUT2D eigenvalue weighted by Crippen LogP contribution is 2.34. The summed E-state index contributed by atoms with van der Waals surface area (Å²) in [6.45, 7) is 5.31. The molecular weight excluding hydrogens is 532 g/mol. The van der Waals surface area contributed by atoms with Crippen molar-refractivity contribution in [2.45, 2.75) is 48.0 Å². The van der Waals surface area contributed by atoms with E-state index < -0.39 is 0 Å². The lowest BCUT2D eigenvalue weighted by Crippen LogP contribution is -2.15. The summed E-state index contributed by atoms with van der Waals surface area (Å²) in [6.07, 6.45) is 3.24. The van der Waals surface area contributed by atoms with Gasteiger partial charge in [0.1, 0.15) is 30.5 Å². The molecule has 208 valence electrons. The minimum Gasteiger partial charge on any atom is -0.487 e. The molecule has 0 aliphatic heterocycles. The summed E-state index contributed by atoms with van der Waals surface area (Å²) in [6, 6.07) is 36.5. The van der Waals surface area contributed by atoms with Crippen molar-refractivity contribution in [3.8, 4) is 17.2 Å². The number of nitrogens with zero attached hydrogens (tertiary/aromatic N) is 2. The molecule has 7 heteroatoms. The van der Waals surface area contributed by atoms with Crippen LogP contribution in [-0.4, -0.2) is 22.9 Å². The molecule has 0 N–H and O–H groups in total. The highest BCUT2D eigenvalue weighted by molar-refractivity contribution is 7.97. The Morgan fingerprint density at radius 3 is 1.41 bits per heavy atom. The number of ether oxygens (including phenoxy) is 4. The van der Waals surface area contributed by atoms with E-state index in [0.29, 0.717) is 19.8 Å². The van der Waals surface area contributed by atoms with Gasteiger partial charge in [-0.25, -0.2) is 0 Å². The molecule has 0 bridgehead atoms. The molecule has 0 radical (unpaired) electrons. The Kier molecular flexibility index (Phi) is 9.87. The molecule has 2 aromatic heterocycles. The second kappa shape index (κ2) is 14.3. The molecule has 5 rings (SSSR count). The number of aromatic nitrogens is 2. The van der Waals surface area contributed by atoms with Gasteiger partial charge in [0, 0.05) is 19.0 Å². The summed E-state index contributed by atoms with van der Waals surface area (Å²) in [5.74, 6) is 2.37. The van der Waals surface area contributed by atoms with Crippen molar-refractivity contribution in [3.63, 3.8) is 0 Å². The van der Waals surface area contributed by atoms with Gasteiger partial charge in [0.05, 0.1) is 22.3 Å². The average molecular weight is 566 g/mol. The Morgan fingerprint density at radius 1 is 0.585 bits per heavy atom. The van der Waals surface area contributed by atoms with E-state index in [1.165, 1.54) is 14.7 Å². The molecule has 6 nitrogen and oxygen atoms in total. The van der Waals surface area contributed by atoms with Gasteiger partial charge >= 0.3 is 0 Å². The van der Waals surface area contributed by atoms with Crippen LogP contribution in [0.1, 0.15) is 25.2 Å². The smallest absolute Gasteiger partial charge is 0.196 e. The van der Waals surface area contributed by atoms with E-state index in [0.717, 1.165) is 28.6 Å². The molecule has 2 heterocycles. The molecule has 5 aromatic rings. The fourth-order valence-corrected chi connectivity index (χ4v) is 6.19. The van der Waals surface area contributed by atoms with Crippen molar-refractivity contribution in [2.24, 2.45) is 0 Å². The molecule has 0 amide bonds. The first kappa shape index (κ1) is 28.2. The quantitative estimate of drug-likeness (QED) is 0.109. The third kappa shape index (κ3) is 8.10. The van der Waals surface area contributed by atoms with Crippen LogP contribution < -0.4 is 14.2 Å². The van der Waals surface area contributed by atoms with Crippen LogP contribution in [-0.2, 0) is 28.8 Å². The van der Waals surface area contributed by atoms with E-state index >= 15 is 0 Å². The van der Waals surface area contributed by atoms with Gasteiger partial charge in [0.25, 0.3) is 0 Å². The molecule has 0 saturated carbocycles. The Bertz CT molecular complexity index is 1380. The van der Waals surface area contributed by atoms with E-state index in [4.69, 9.17) is 18.9 Å². The van der Waals surface area contributed by atoms with Crippen LogP contribution in [0.5, 0.6) is 17.2 Å². The number of hydrogen-bond donors (Lipinski definition) is 0. The second-order valence-electron chi connectivity index (χ2n) is 9.08. The standard InChI is InChI=1S/C34H33N2O4S/c1-3-37-26(2)40-31-14-20-34(21-15-31)41(32-16-10-29(11-17-32)38-24-27-8-4-6-22-35-27)33-18-12-30(13-19-33)39-25-28-9-5-7-23-36-28/h4-23,26H,3,24-25H2,1-2H3/q+1. The molecule has 41 heavy (non-hydrogen) atoms. The molecule has 0 aliphatic carbocycles. The van der Waals surface area contributed by atoms with Crippen LogP contribution in [0.2, 0.25) is 0 Å². The van der Waals surface area contributed by atoms with Gasteiger partial charge < -0.3 is 18.9 Å². The molecule has 0 fully saturated rings. The summed E-state index contributed by atoms with van der Waals surface area (Å²) in [7, 11) is -0.358. The Balaban J connectivity index is 1.36. The molecule has 1 atom stereocenters. The van der Waals surface area contributed by atoms with Gasteiger partial charge in [-0.3, -0.25) is 9.97 Å². The summed E-state index contributed by atoms with van der Waals surface area (Å²) in [5, 5.41) is 0. The lowest BCUT2D eigenvalue weighted by molar-refractivity contribution is -0.0613. The van der Waals surface area contributed by atoms with Gasteiger partial charge in [0.2, 0.25) is 0 Å². The van der Waals surface area contributed by atoms with Crippen molar-refractivity contribution >= 4 is 10.9 Å². The SMILES string of the molecule is CCOC(C)Oc1ccc([S+](c2ccc(OCc3ccccn3)cc2)c2ccc(OCc3ccccn3)cc2)cc1. The summed E-state index contributed by atoms with van der Waals surface area (Å²) in [5.41, 5.74) is 1.78. The first-order chi connectivity index (χ1) is 20.2. The van der Waals surface area contributed by atoms with Crippen LogP contribution in [0.3, 0.4) is 0 Å². The topological polar surface area (TPSA) is 62.7 Å². The third-order valence-electron chi connectivity index (χ3n) is 6.11. The van der Waals surface area contributed by atoms with Crippen molar-refractivity contribution in [1.29, 1.82) is 0 Å². The van der Waals surface area contributed by atoms with E-state index in [1.807, 2.05) is 86.6 Å². The van der Waals surface area contributed by atoms with Gasteiger partial charge in [-0.1, -0.05) is 12.1 Å². The normalized spacial score (nSPS) is 11.7. The third-order valence-corrected chi connectivity index (χ3v) is 8.34. The Morgan fingerprint density at radius 2 is 1.02 bits per heavy atom. The lowest BCUT2D eigenvalue weighted by Gasteiger charge is -2.15. The fourth-order valence-electron chi connectivity index (χ4n) is 4.15. The van der Waals surface area contributed by atoms with Gasteiger partial charge in [-0.2, -0.15) is 0 Å². The van der Waals surface area contributed by atoms with Crippen LogP contribution in [0.25, 0.3) is 0 Å². The molecule has 0 saturated heterocycles. The second-order valence-corrected chi connectivity index (χ2v) is 11.1. The van der Waals surface area contributed by atoms with Crippen molar-refractivity contribution in [3.05, 3.63) is 133 Å². The zero-order valence-corrected chi connectivity index (χ0v) is 24.0. The highest BCUT2D eigenvalue weighted by Gasteiger charge is 2.29. The average Bonchev–Trinajstić information content (AvgIpc) is 3.02. The predicted octanol–water partition coefficient (Wildman–Crippen LogP) is 7.49. The number of pyridine rings is 2. The first-order valence-corrected chi connectivity index (χ1v) is 14.8. The van der Waals surface area contributed by atoms with Gasteiger partial charge in [0.15, 0.2) is 21.0 Å². The predicted molar refractivity (Wildman–Crippen MR) is 160 cm³/mol.